The fourth-order valence-corrected chi connectivity index (χ4v) is 3.42. The van der Waals surface area contributed by atoms with Crippen molar-refractivity contribution in [1.82, 2.24) is 4.98 Å². The summed E-state index contributed by atoms with van der Waals surface area (Å²) in [5.41, 5.74) is 3.15. The summed E-state index contributed by atoms with van der Waals surface area (Å²) >= 11 is 8.49. The molecule has 5 nitrogen and oxygen atoms in total. The summed E-state index contributed by atoms with van der Waals surface area (Å²) in [7, 11) is 1.58. The number of methoxy groups -OCH3 is 1. The SMILES string of the molecule is COc1ccc(C(=O)Nc2ccc3oc(-c4cc(I)ccc4Cl)nc3c2)cc1. The molecule has 3 aromatic carbocycles. The zero-order chi connectivity index (χ0) is 19.7. The van der Waals surface area contributed by atoms with Crippen molar-refractivity contribution in [2.45, 2.75) is 0 Å². The molecule has 4 rings (SSSR count). The summed E-state index contributed by atoms with van der Waals surface area (Å²) < 4.78 is 12.0. The van der Waals surface area contributed by atoms with Crippen LogP contribution in [-0.2, 0) is 0 Å². The molecule has 4 aromatic rings. The molecule has 0 fully saturated rings. The Bertz CT molecular complexity index is 1170. The third-order valence-corrected chi connectivity index (χ3v) is 5.16. The standard InChI is InChI=1S/C21H14ClIN2O3/c1-27-15-6-2-12(3-7-15)20(26)24-14-5-9-19-18(11-14)25-21(28-19)16-10-13(23)4-8-17(16)22/h2-11H,1H3,(H,24,26). The molecular weight excluding hydrogens is 491 g/mol. The lowest BCUT2D eigenvalue weighted by atomic mass is 10.2. The van der Waals surface area contributed by atoms with Crippen LogP contribution < -0.4 is 10.1 Å². The van der Waals surface area contributed by atoms with E-state index in [0.29, 0.717) is 39.0 Å². The van der Waals surface area contributed by atoms with E-state index in [1.807, 2.05) is 18.2 Å². The number of benzene rings is 3. The molecule has 0 radical (unpaired) electrons. The number of rotatable bonds is 4. The highest BCUT2D eigenvalue weighted by Gasteiger charge is 2.13. The average molecular weight is 505 g/mol. The number of carbonyl (C=O) groups is 1. The number of hydrogen-bond acceptors (Lipinski definition) is 4. The number of oxazole rings is 1. The second-order valence-electron chi connectivity index (χ2n) is 6.01. The molecule has 0 atom stereocenters. The van der Waals surface area contributed by atoms with Crippen molar-refractivity contribution in [3.63, 3.8) is 0 Å². The maximum Gasteiger partial charge on any atom is 0.255 e. The Kier molecular flexibility index (Phi) is 5.23. The van der Waals surface area contributed by atoms with E-state index in [9.17, 15) is 4.79 Å². The fraction of sp³-hybridized carbons (Fsp3) is 0.0476. The minimum atomic E-state index is -0.216. The number of aromatic nitrogens is 1. The number of fused-ring (bicyclic) bond motifs is 1. The number of nitrogens with zero attached hydrogens (tertiary/aromatic N) is 1. The first-order chi connectivity index (χ1) is 13.5. The number of carbonyl (C=O) groups excluding carboxylic acids is 1. The molecule has 1 heterocycles. The van der Waals surface area contributed by atoms with Gasteiger partial charge in [-0.3, -0.25) is 4.79 Å². The Balaban J connectivity index is 1.61. The summed E-state index contributed by atoms with van der Waals surface area (Å²) in [6.07, 6.45) is 0. The molecule has 0 aliphatic carbocycles. The predicted octanol–water partition coefficient (Wildman–Crippen LogP) is 6.01. The molecule has 28 heavy (non-hydrogen) atoms. The number of nitrogens with one attached hydrogen (secondary N) is 1. The summed E-state index contributed by atoms with van der Waals surface area (Å²) in [4.78, 5) is 17.0. The molecule has 7 heteroatoms. The highest BCUT2D eigenvalue weighted by atomic mass is 127. The van der Waals surface area contributed by atoms with Crippen LogP contribution in [-0.4, -0.2) is 18.0 Å². The third-order valence-electron chi connectivity index (χ3n) is 4.16. The van der Waals surface area contributed by atoms with E-state index < -0.39 is 0 Å². The van der Waals surface area contributed by atoms with Gasteiger partial charge in [0.15, 0.2) is 5.58 Å². The first-order valence-electron chi connectivity index (χ1n) is 8.35. The number of ether oxygens (including phenoxy) is 1. The van der Waals surface area contributed by atoms with Crippen LogP contribution in [0.5, 0.6) is 5.75 Å². The number of halogens is 2. The van der Waals surface area contributed by atoms with Gasteiger partial charge in [-0.1, -0.05) is 11.6 Å². The molecular formula is C21H14ClIN2O3. The van der Waals surface area contributed by atoms with Crippen molar-refractivity contribution in [2.75, 3.05) is 12.4 Å². The molecule has 0 saturated heterocycles. The van der Waals surface area contributed by atoms with Gasteiger partial charge in [-0.15, -0.1) is 0 Å². The van der Waals surface area contributed by atoms with E-state index in [1.165, 1.54) is 0 Å². The highest BCUT2D eigenvalue weighted by Crippen LogP contribution is 2.32. The fourth-order valence-electron chi connectivity index (χ4n) is 2.73. The summed E-state index contributed by atoms with van der Waals surface area (Å²) in [5, 5.41) is 3.44. The number of hydrogen-bond donors (Lipinski definition) is 1. The molecule has 1 aromatic heterocycles. The molecule has 0 unspecified atom stereocenters. The van der Waals surface area contributed by atoms with E-state index in [1.54, 1.807) is 49.6 Å². The Morgan fingerprint density at radius 2 is 1.89 bits per heavy atom. The minimum Gasteiger partial charge on any atom is -0.497 e. The Morgan fingerprint density at radius 3 is 2.64 bits per heavy atom. The van der Waals surface area contributed by atoms with Crippen molar-refractivity contribution < 1.29 is 13.9 Å². The van der Waals surface area contributed by atoms with Crippen LogP contribution in [0.2, 0.25) is 5.02 Å². The van der Waals surface area contributed by atoms with Crippen LogP contribution in [0.25, 0.3) is 22.6 Å². The topological polar surface area (TPSA) is 64.4 Å². The first kappa shape index (κ1) is 18.8. The minimum absolute atomic E-state index is 0.216. The van der Waals surface area contributed by atoms with Crippen LogP contribution in [0.15, 0.2) is 65.1 Å². The monoisotopic (exact) mass is 504 g/mol. The van der Waals surface area contributed by atoms with Gasteiger partial charge in [0.1, 0.15) is 11.3 Å². The molecule has 0 saturated carbocycles. The van der Waals surface area contributed by atoms with E-state index in [-0.39, 0.29) is 5.91 Å². The predicted molar refractivity (Wildman–Crippen MR) is 118 cm³/mol. The van der Waals surface area contributed by atoms with E-state index in [2.05, 4.69) is 32.9 Å². The van der Waals surface area contributed by atoms with E-state index in [4.69, 9.17) is 20.8 Å². The van der Waals surface area contributed by atoms with Crippen molar-refractivity contribution in [3.05, 3.63) is 74.8 Å². The Labute approximate surface area is 179 Å². The van der Waals surface area contributed by atoms with Crippen molar-refractivity contribution in [2.24, 2.45) is 0 Å². The second-order valence-corrected chi connectivity index (χ2v) is 7.66. The van der Waals surface area contributed by atoms with Gasteiger partial charge < -0.3 is 14.5 Å². The summed E-state index contributed by atoms with van der Waals surface area (Å²) in [6, 6.07) is 17.9. The average Bonchev–Trinajstić information content (AvgIpc) is 3.13. The molecule has 0 aliphatic rings. The van der Waals surface area contributed by atoms with Crippen LogP contribution in [0.3, 0.4) is 0 Å². The van der Waals surface area contributed by atoms with Crippen LogP contribution >= 0.6 is 34.2 Å². The van der Waals surface area contributed by atoms with Gasteiger partial charge in [0, 0.05) is 14.8 Å². The van der Waals surface area contributed by atoms with Crippen LogP contribution in [0, 0.1) is 3.57 Å². The molecule has 1 amide bonds. The maximum absolute atomic E-state index is 12.4. The van der Waals surface area contributed by atoms with Gasteiger partial charge in [-0.05, 0) is 83.3 Å². The van der Waals surface area contributed by atoms with Crippen molar-refractivity contribution >= 4 is 56.9 Å². The smallest absolute Gasteiger partial charge is 0.255 e. The van der Waals surface area contributed by atoms with E-state index in [0.717, 1.165) is 9.13 Å². The van der Waals surface area contributed by atoms with Gasteiger partial charge in [0.2, 0.25) is 5.89 Å². The highest BCUT2D eigenvalue weighted by molar-refractivity contribution is 14.1. The Hall–Kier alpha value is -2.58. The summed E-state index contributed by atoms with van der Waals surface area (Å²) in [5.74, 6) is 0.922. The molecule has 0 spiro atoms. The number of anilines is 1. The Morgan fingerprint density at radius 1 is 1.11 bits per heavy atom. The first-order valence-corrected chi connectivity index (χ1v) is 9.80. The maximum atomic E-state index is 12.4. The van der Waals surface area contributed by atoms with Gasteiger partial charge in [-0.25, -0.2) is 4.98 Å². The lowest BCUT2D eigenvalue weighted by molar-refractivity contribution is 0.102. The molecule has 0 bridgehead atoms. The molecule has 140 valence electrons. The summed E-state index contributed by atoms with van der Waals surface area (Å²) in [6.45, 7) is 0. The number of amides is 1. The van der Waals surface area contributed by atoms with Crippen molar-refractivity contribution in [3.8, 4) is 17.2 Å². The largest absolute Gasteiger partial charge is 0.497 e. The van der Waals surface area contributed by atoms with Gasteiger partial charge in [0.05, 0.1) is 17.7 Å². The third kappa shape index (κ3) is 3.83. The van der Waals surface area contributed by atoms with Crippen LogP contribution in [0.1, 0.15) is 10.4 Å². The van der Waals surface area contributed by atoms with Crippen LogP contribution in [0.4, 0.5) is 5.69 Å². The van der Waals surface area contributed by atoms with Gasteiger partial charge >= 0.3 is 0 Å². The van der Waals surface area contributed by atoms with E-state index >= 15 is 0 Å². The zero-order valence-electron chi connectivity index (χ0n) is 14.7. The molecule has 0 aliphatic heterocycles. The van der Waals surface area contributed by atoms with Gasteiger partial charge in [0.25, 0.3) is 5.91 Å². The zero-order valence-corrected chi connectivity index (χ0v) is 17.6. The molecule has 1 N–H and O–H groups in total. The second kappa shape index (κ2) is 7.81. The lowest BCUT2D eigenvalue weighted by Crippen LogP contribution is -2.11. The lowest BCUT2D eigenvalue weighted by Gasteiger charge is -2.06. The quantitative estimate of drug-likeness (QED) is 0.346. The van der Waals surface area contributed by atoms with Crippen molar-refractivity contribution in [1.29, 1.82) is 0 Å². The van der Waals surface area contributed by atoms with Gasteiger partial charge in [-0.2, -0.15) is 0 Å². The normalized spacial score (nSPS) is 10.8.